The standard InChI is InChI=1S/C15H15ClN2O2/c1-9-7-11(16)3-6-15(9)20-12-4-5-13(17)14(8-12)18-10(2)19/h3-8H,17H2,1-2H3,(H,18,19). The first-order valence-electron chi connectivity index (χ1n) is 6.07. The fourth-order valence-corrected chi connectivity index (χ4v) is 1.98. The van der Waals surface area contributed by atoms with Crippen LogP contribution in [0.25, 0.3) is 0 Å². The first-order chi connectivity index (χ1) is 9.45. The zero-order valence-electron chi connectivity index (χ0n) is 11.2. The zero-order chi connectivity index (χ0) is 14.7. The van der Waals surface area contributed by atoms with Crippen molar-refractivity contribution < 1.29 is 9.53 Å². The number of benzene rings is 2. The molecule has 0 saturated heterocycles. The van der Waals surface area contributed by atoms with Gasteiger partial charge in [-0.2, -0.15) is 0 Å². The van der Waals surface area contributed by atoms with Gasteiger partial charge in [-0.3, -0.25) is 4.79 Å². The van der Waals surface area contributed by atoms with Crippen LogP contribution in [-0.4, -0.2) is 5.91 Å². The summed E-state index contributed by atoms with van der Waals surface area (Å²) in [5, 5.41) is 3.32. The Morgan fingerprint density at radius 2 is 2.00 bits per heavy atom. The molecule has 0 spiro atoms. The van der Waals surface area contributed by atoms with Gasteiger partial charge >= 0.3 is 0 Å². The summed E-state index contributed by atoms with van der Waals surface area (Å²) in [4.78, 5) is 11.1. The summed E-state index contributed by atoms with van der Waals surface area (Å²) in [5.74, 6) is 1.11. The minimum absolute atomic E-state index is 0.184. The van der Waals surface area contributed by atoms with Crippen LogP contribution in [-0.2, 0) is 4.79 Å². The normalized spacial score (nSPS) is 10.2. The largest absolute Gasteiger partial charge is 0.457 e. The molecular formula is C15H15ClN2O2. The highest BCUT2D eigenvalue weighted by molar-refractivity contribution is 6.30. The number of nitrogens with one attached hydrogen (secondary N) is 1. The molecule has 2 aromatic carbocycles. The van der Waals surface area contributed by atoms with Crippen molar-refractivity contribution in [3.05, 3.63) is 47.0 Å². The molecule has 2 rings (SSSR count). The smallest absolute Gasteiger partial charge is 0.221 e. The minimum atomic E-state index is -0.184. The van der Waals surface area contributed by atoms with Crippen LogP contribution in [0.5, 0.6) is 11.5 Å². The van der Waals surface area contributed by atoms with E-state index in [0.717, 1.165) is 5.56 Å². The fourth-order valence-electron chi connectivity index (χ4n) is 1.75. The number of carbonyl (C=O) groups is 1. The molecule has 0 aliphatic rings. The van der Waals surface area contributed by atoms with Gasteiger partial charge in [-0.1, -0.05) is 11.6 Å². The van der Waals surface area contributed by atoms with Gasteiger partial charge in [0.1, 0.15) is 11.5 Å². The Morgan fingerprint density at radius 3 is 2.65 bits per heavy atom. The van der Waals surface area contributed by atoms with Crippen LogP contribution in [0.3, 0.4) is 0 Å². The lowest BCUT2D eigenvalue weighted by Crippen LogP contribution is -2.08. The van der Waals surface area contributed by atoms with Crippen LogP contribution < -0.4 is 15.8 Å². The van der Waals surface area contributed by atoms with Gasteiger partial charge in [-0.05, 0) is 42.8 Å². The quantitative estimate of drug-likeness (QED) is 0.840. The van der Waals surface area contributed by atoms with E-state index >= 15 is 0 Å². The molecule has 1 amide bonds. The molecule has 3 N–H and O–H groups in total. The van der Waals surface area contributed by atoms with Gasteiger partial charge in [0.05, 0.1) is 11.4 Å². The second kappa shape index (κ2) is 5.84. The molecule has 104 valence electrons. The van der Waals surface area contributed by atoms with Crippen LogP contribution in [0, 0.1) is 6.92 Å². The summed E-state index contributed by atoms with van der Waals surface area (Å²) in [6.07, 6.45) is 0. The number of rotatable bonds is 3. The van der Waals surface area contributed by atoms with Crippen molar-refractivity contribution in [1.82, 2.24) is 0 Å². The number of hydrogen-bond acceptors (Lipinski definition) is 3. The number of hydrogen-bond donors (Lipinski definition) is 2. The van der Waals surface area contributed by atoms with Crippen LogP contribution in [0.1, 0.15) is 12.5 Å². The predicted molar refractivity (Wildman–Crippen MR) is 81.4 cm³/mol. The van der Waals surface area contributed by atoms with Gasteiger partial charge in [-0.25, -0.2) is 0 Å². The average molecular weight is 291 g/mol. The number of carbonyl (C=O) groups excluding carboxylic acids is 1. The van der Waals surface area contributed by atoms with E-state index in [1.807, 2.05) is 13.0 Å². The lowest BCUT2D eigenvalue weighted by molar-refractivity contribution is -0.114. The highest BCUT2D eigenvalue weighted by atomic mass is 35.5. The minimum Gasteiger partial charge on any atom is -0.457 e. The van der Waals surface area contributed by atoms with E-state index in [1.54, 1.807) is 30.3 Å². The van der Waals surface area contributed by atoms with Gasteiger partial charge in [0.25, 0.3) is 0 Å². The third-order valence-electron chi connectivity index (χ3n) is 2.70. The molecule has 0 unspecified atom stereocenters. The maximum Gasteiger partial charge on any atom is 0.221 e. The third-order valence-corrected chi connectivity index (χ3v) is 2.94. The van der Waals surface area contributed by atoms with Gasteiger partial charge < -0.3 is 15.8 Å². The van der Waals surface area contributed by atoms with Crippen molar-refractivity contribution in [2.75, 3.05) is 11.1 Å². The molecule has 0 aliphatic heterocycles. The molecule has 0 atom stereocenters. The third kappa shape index (κ3) is 3.42. The van der Waals surface area contributed by atoms with Crippen molar-refractivity contribution in [3.8, 4) is 11.5 Å². The second-order valence-corrected chi connectivity index (χ2v) is 4.88. The first kappa shape index (κ1) is 14.2. The van der Waals surface area contributed by atoms with Gasteiger partial charge in [0.15, 0.2) is 0 Å². The number of aryl methyl sites for hydroxylation is 1. The summed E-state index contributed by atoms with van der Waals surface area (Å²) in [5.41, 5.74) is 7.74. The van der Waals surface area contributed by atoms with E-state index in [1.165, 1.54) is 6.92 Å². The van der Waals surface area contributed by atoms with Crippen LogP contribution in [0.4, 0.5) is 11.4 Å². The van der Waals surface area contributed by atoms with Gasteiger partial charge in [-0.15, -0.1) is 0 Å². The highest BCUT2D eigenvalue weighted by Gasteiger charge is 2.06. The van der Waals surface area contributed by atoms with Gasteiger partial charge in [0, 0.05) is 18.0 Å². The lowest BCUT2D eigenvalue weighted by atomic mass is 10.2. The Kier molecular flexibility index (Phi) is 4.15. The Hall–Kier alpha value is -2.20. The van der Waals surface area contributed by atoms with Crippen molar-refractivity contribution in [2.24, 2.45) is 0 Å². The molecule has 4 nitrogen and oxygen atoms in total. The van der Waals surface area contributed by atoms with Crippen molar-refractivity contribution in [3.63, 3.8) is 0 Å². The Labute approximate surface area is 122 Å². The van der Waals surface area contributed by atoms with Crippen LogP contribution in [0.2, 0.25) is 5.02 Å². The molecule has 5 heteroatoms. The highest BCUT2D eigenvalue weighted by Crippen LogP contribution is 2.31. The van der Waals surface area contributed by atoms with E-state index in [4.69, 9.17) is 22.1 Å². The van der Waals surface area contributed by atoms with E-state index < -0.39 is 0 Å². The number of nitrogens with two attached hydrogens (primary N) is 1. The monoisotopic (exact) mass is 290 g/mol. The zero-order valence-corrected chi connectivity index (χ0v) is 12.0. The second-order valence-electron chi connectivity index (χ2n) is 4.44. The van der Waals surface area contributed by atoms with Crippen LogP contribution >= 0.6 is 11.6 Å². The molecule has 20 heavy (non-hydrogen) atoms. The van der Waals surface area contributed by atoms with Crippen molar-refractivity contribution in [2.45, 2.75) is 13.8 Å². The Balaban J connectivity index is 2.27. The fraction of sp³-hybridized carbons (Fsp3) is 0.133. The topological polar surface area (TPSA) is 64.3 Å². The summed E-state index contributed by atoms with van der Waals surface area (Å²) in [6.45, 7) is 3.34. The average Bonchev–Trinajstić information content (AvgIpc) is 2.36. The predicted octanol–water partition coefficient (Wildman–Crippen LogP) is 3.98. The Morgan fingerprint density at radius 1 is 1.25 bits per heavy atom. The van der Waals surface area contributed by atoms with E-state index in [9.17, 15) is 4.79 Å². The maximum absolute atomic E-state index is 11.1. The maximum atomic E-state index is 11.1. The molecule has 0 fully saturated rings. The summed E-state index contributed by atoms with van der Waals surface area (Å²) in [6, 6.07) is 10.5. The first-order valence-corrected chi connectivity index (χ1v) is 6.44. The molecule has 0 aliphatic carbocycles. The molecule has 0 saturated carbocycles. The number of amides is 1. The van der Waals surface area contributed by atoms with E-state index in [2.05, 4.69) is 5.32 Å². The van der Waals surface area contributed by atoms with E-state index in [-0.39, 0.29) is 5.91 Å². The Bertz CT molecular complexity index is 656. The molecule has 0 aromatic heterocycles. The number of ether oxygens (including phenoxy) is 1. The summed E-state index contributed by atoms with van der Waals surface area (Å²) in [7, 11) is 0. The molecular weight excluding hydrogens is 276 g/mol. The molecule has 2 aromatic rings. The number of halogens is 1. The van der Waals surface area contributed by atoms with Gasteiger partial charge in [0.2, 0.25) is 5.91 Å². The number of nitrogen functional groups attached to an aromatic ring is 1. The van der Waals surface area contributed by atoms with E-state index in [0.29, 0.717) is 27.9 Å². The van der Waals surface area contributed by atoms with Crippen molar-refractivity contribution in [1.29, 1.82) is 0 Å². The summed E-state index contributed by atoms with van der Waals surface area (Å²) >= 11 is 5.90. The summed E-state index contributed by atoms with van der Waals surface area (Å²) < 4.78 is 5.78. The SMILES string of the molecule is CC(=O)Nc1cc(Oc2ccc(Cl)cc2C)ccc1N. The molecule has 0 bridgehead atoms. The molecule has 0 heterocycles. The van der Waals surface area contributed by atoms with Crippen LogP contribution in [0.15, 0.2) is 36.4 Å². The number of anilines is 2. The lowest BCUT2D eigenvalue weighted by Gasteiger charge is -2.12. The molecule has 0 radical (unpaired) electrons. The van der Waals surface area contributed by atoms with Crippen molar-refractivity contribution >= 4 is 28.9 Å².